The number of nitrogens with zero attached hydrogens (tertiary/aromatic N) is 2. The second-order valence-electron chi connectivity index (χ2n) is 14.8. The Kier molecular flexibility index (Phi) is 13.1. The van der Waals surface area contributed by atoms with Gasteiger partial charge in [-0.2, -0.15) is 4.58 Å². The van der Waals surface area contributed by atoms with Crippen LogP contribution < -0.4 is 10.2 Å². The van der Waals surface area contributed by atoms with Gasteiger partial charge in [0.25, 0.3) is 0 Å². The van der Waals surface area contributed by atoms with Crippen molar-refractivity contribution in [2.24, 2.45) is 0 Å². The minimum atomic E-state index is -4.60. The van der Waals surface area contributed by atoms with Gasteiger partial charge in [-0.1, -0.05) is 50.5 Å². The Labute approximate surface area is 300 Å². The topological polar surface area (TPSA) is 110 Å². The molecule has 1 amide bonds. The highest BCUT2D eigenvalue weighted by atomic mass is 32.2. The lowest BCUT2D eigenvalue weighted by Crippen LogP contribution is -2.28. The van der Waals surface area contributed by atoms with E-state index in [0.29, 0.717) is 38.1 Å². The van der Waals surface area contributed by atoms with Crippen LogP contribution in [-0.2, 0) is 30.5 Å². The predicted molar refractivity (Wildman–Crippen MR) is 202 cm³/mol. The lowest BCUT2D eigenvalue weighted by atomic mass is 9.81. The summed E-state index contributed by atoms with van der Waals surface area (Å²) < 4.78 is 38.2. The number of Topliss-reactive ketones (excluding diaryl/α,β-unsaturated/α-hetero) is 1. The van der Waals surface area contributed by atoms with Crippen LogP contribution in [0.15, 0.2) is 65.2 Å². The van der Waals surface area contributed by atoms with Gasteiger partial charge in [0.05, 0.1) is 10.3 Å². The Bertz CT molecular complexity index is 1770. The first-order valence-electron chi connectivity index (χ1n) is 18.4. The van der Waals surface area contributed by atoms with E-state index in [1.54, 1.807) is 12.1 Å². The Hall–Kier alpha value is -3.56. The van der Waals surface area contributed by atoms with Crippen LogP contribution in [0.25, 0.3) is 0 Å². The zero-order chi connectivity index (χ0) is 36.7. The van der Waals surface area contributed by atoms with Crippen LogP contribution in [0.1, 0.15) is 122 Å². The molecule has 0 aromatic heterocycles. The van der Waals surface area contributed by atoms with E-state index >= 15 is 0 Å². The maximum Gasteiger partial charge on any atom is 0.219 e. The molecule has 272 valence electrons. The van der Waals surface area contributed by atoms with Gasteiger partial charge in [-0.15, -0.1) is 0 Å². The van der Waals surface area contributed by atoms with Gasteiger partial charge in [-0.25, -0.2) is 8.42 Å². The molecule has 2 heterocycles. The number of likely N-dealkylation sites (N-methyl/N-ethyl adjacent to an activating group) is 1. The second-order valence-corrected chi connectivity index (χ2v) is 16.2. The van der Waals surface area contributed by atoms with Crippen LogP contribution >= 0.6 is 0 Å². The molecule has 0 saturated carbocycles. The molecule has 2 aliphatic rings. The van der Waals surface area contributed by atoms with E-state index in [9.17, 15) is 22.6 Å². The number of carbonyl (C=O) groups excluding carboxylic acids is 2. The number of hydrogen-bond acceptors (Lipinski definition) is 6. The van der Waals surface area contributed by atoms with Gasteiger partial charge in [-0.05, 0) is 90.1 Å². The van der Waals surface area contributed by atoms with E-state index in [0.717, 1.165) is 68.5 Å². The molecule has 0 bridgehead atoms. The molecule has 2 aromatic carbocycles. The molecule has 9 heteroatoms. The molecule has 2 aromatic rings. The lowest BCUT2D eigenvalue weighted by molar-refractivity contribution is -0.438. The summed E-state index contributed by atoms with van der Waals surface area (Å²) in [6.07, 6.45) is 14.4. The molecule has 0 atom stereocenters. The molecule has 0 saturated heterocycles. The fourth-order valence-corrected chi connectivity index (χ4v) is 8.05. The monoisotopic (exact) mass is 703 g/mol. The van der Waals surface area contributed by atoms with Crippen molar-refractivity contribution in [2.45, 2.75) is 128 Å². The number of benzene rings is 2. The van der Waals surface area contributed by atoms with E-state index in [2.05, 4.69) is 92.8 Å². The van der Waals surface area contributed by atoms with Crippen LogP contribution in [0.2, 0.25) is 0 Å². The maximum absolute atomic E-state index is 12.5. The van der Waals surface area contributed by atoms with Crippen LogP contribution in [0.3, 0.4) is 0 Å². The Morgan fingerprint density at radius 3 is 2.16 bits per heavy atom. The first-order valence-corrected chi connectivity index (χ1v) is 19.8. The number of ketones is 1. The summed E-state index contributed by atoms with van der Waals surface area (Å²) in [5.41, 5.74) is 7.11. The van der Waals surface area contributed by atoms with E-state index < -0.39 is 15.5 Å². The van der Waals surface area contributed by atoms with Gasteiger partial charge in [0.2, 0.25) is 11.6 Å². The highest BCUT2D eigenvalue weighted by Crippen LogP contribution is 2.48. The van der Waals surface area contributed by atoms with Crippen molar-refractivity contribution in [2.75, 3.05) is 24.5 Å². The fraction of sp³-hybridized carbons (Fsp3) is 0.537. The third kappa shape index (κ3) is 9.02. The molecular weight excluding hydrogens is 647 g/mol. The largest absolute Gasteiger partial charge is 0.744 e. The van der Waals surface area contributed by atoms with Crippen molar-refractivity contribution in [1.82, 2.24) is 5.32 Å². The van der Waals surface area contributed by atoms with Gasteiger partial charge in [0.1, 0.15) is 22.4 Å². The zero-order valence-corrected chi connectivity index (χ0v) is 32.0. The number of allylic oxidation sites excluding steroid dienone is 4. The Balaban J connectivity index is 1.45. The molecule has 0 fully saturated rings. The number of amides is 1. The summed E-state index contributed by atoms with van der Waals surface area (Å²) in [4.78, 5) is 26.3. The molecule has 2 aliphatic heterocycles. The number of unbranched alkanes of at least 4 members (excludes halogenated alkanes) is 5. The SMILES string of the molecule is CCNC(=O)CCCCCCC(=O)CCCCC[N+]1=C(/C=C/C=C2\N(CC)c3ccc(C)cc3C2(C)C)C(C)(C)c2cc(S(=O)(=O)[O-])ccc21. The Morgan fingerprint density at radius 2 is 1.52 bits per heavy atom. The van der Waals surface area contributed by atoms with Crippen molar-refractivity contribution < 1.29 is 27.1 Å². The predicted octanol–water partition coefficient (Wildman–Crippen LogP) is 8.14. The van der Waals surface area contributed by atoms with Crippen molar-refractivity contribution in [3.63, 3.8) is 0 Å². The summed E-state index contributed by atoms with van der Waals surface area (Å²) in [6, 6.07) is 11.4. The maximum atomic E-state index is 12.5. The highest BCUT2D eigenvalue weighted by molar-refractivity contribution is 7.85. The molecule has 8 nitrogen and oxygen atoms in total. The van der Waals surface area contributed by atoms with Crippen LogP contribution in [-0.4, -0.2) is 54.6 Å². The van der Waals surface area contributed by atoms with Crippen molar-refractivity contribution in [3.05, 3.63) is 77.0 Å². The van der Waals surface area contributed by atoms with Gasteiger partial charge in [-0.3, -0.25) is 9.59 Å². The van der Waals surface area contributed by atoms with Crippen LogP contribution in [0.4, 0.5) is 11.4 Å². The number of rotatable bonds is 18. The average molecular weight is 704 g/mol. The Morgan fingerprint density at radius 1 is 0.860 bits per heavy atom. The number of hydrogen-bond donors (Lipinski definition) is 1. The minimum Gasteiger partial charge on any atom is -0.744 e. The van der Waals surface area contributed by atoms with E-state index in [-0.39, 0.29) is 16.2 Å². The smallest absolute Gasteiger partial charge is 0.219 e. The minimum absolute atomic E-state index is 0.0978. The summed E-state index contributed by atoms with van der Waals surface area (Å²) in [5, 5.41) is 2.82. The molecular formula is C41H57N3O5S. The van der Waals surface area contributed by atoms with Gasteiger partial charge >= 0.3 is 0 Å². The van der Waals surface area contributed by atoms with Crippen molar-refractivity contribution in [3.8, 4) is 0 Å². The fourth-order valence-electron chi connectivity index (χ4n) is 7.55. The first-order chi connectivity index (χ1) is 23.6. The first kappa shape index (κ1) is 39.2. The summed E-state index contributed by atoms with van der Waals surface area (Å²) in [5.74, 6) is 0.393. The summed E-state index contributed by atoms with van der Waals surface area (Å²) in [6.45, 7) is 17.1. The third-order valence-electron chi connectivity index (χ3n) is 10.3. The molecule has 0 spiro atoms. The van der Waals surface area contributed by atoms with E-state index in [1.165, 1.54) is 28.6 Å². The molecule has 0 aliphatic carbocycles. The number of fused-ring (bicyclic) bond motifs is 2. The normalized spacial score (nSPS) is 17.1. The molecule has 50 heavy (non-hydrogen) atoms. The number of anilines is 1. The van der Waals surface area contributed by atoms with E-state index in [4.69, 9.17) is 0 Å². The second kappa shape index (κ2) is 16.6. The van der Waals surface area contributed by atoms with Gasteiger partial charge in [0.15, 0.2) is 5.71 Å². The summed E-state index contributed by atoms with van der Waals surface area (Å²) >= 11 is 0. The highest BCUT2D eigenvalue weighted by Gasteiger charge is 2.45. The molecule has 0 radical (unpaired) electrons. The quantitative estimate of drug-likeness (QED) is 0.0954. The number of aryl methyl sites for hydroxylation is 1. The van der Waals surface area contributed by atoms with Crippen molar-refractivity contribution >= 4 is 38.9 Å². The molecule has 4 rings (SSSR count). The van der Waals surface area contributed by atoms with Crippen LogP contribution in [0.5, 0.6) is 0 Å². The standard InChI is InChI=1S/C41H57N3O5S/c1-8-42-39(46)22-15-11-10-13-18-31(45)19-14-12-16-27-44-36-26-24-32(50(47,48)49)29-34(36)41(6,7)38(44)21-17-20-37-40(4,5)33-28-30(3)23-25-35(33)43(37)9-2/h17,20-21,23-26,28-29H,8-16,18-19,22,27H2,1-7H3,(H-,42,46,47,48,49). The third-order valence-corrected chi connectivity index (χ3v) is 11.2. The average Bonchev–Trinajstić information content (AvgIpc) is 3.39. The molecule has 0 unspecified atom stereocenters. The van der Waals surface area contributed by atoms with E-state index in [1.807, 2.05) is 6.92 Å². The zero-order valence-electron chi connectivity index (χ0n) is 31.2. The number of nitrogens with one attached hydrogen (secondary N) is 1. The lowest BCUT2D eigenvalue weighted by Gasteiger charge is -2.25. The summed E-state index contributed by atoms with van der Waals surface area (Å²) in [7, 11) is -4.60. The van der Waals surface area contributed by atoms with Crippen LogP contribution in [0, 0.1) is 6.92 Å². The van der Waals surface area contributed by atoms with Crippen molar-refractivity contribution in [1.29, 1.82) is 0 Å². The molecule has 1 N–H and O–H groups in total. The number of carbonyl (C=O) groups is 2. The van der Waals surface area contributed by atoms with Gasteiger partial charge < -0.3 is 14.8 Å². The van der Waals surface area contributed by atoms with Gasteiger partial charge in [0, 0.05) is 73.3 Å².